The lowest BCUT2D eigenvalue weighted by Gasteiger charge is -2.38. The summed E-state index contributed by atoms with van der Waals surface area (Å²) in [6, 6.07) is 4.43. The molecule has 0 radical (unpaired) electrons. The smallest absolute Gasteiger partial charge is 0.0300 e. The first-order chi connectivity index (χ1) is 6.68. The molecule has 0 amide bonds. The molecular formula is C12H20ClNS. The first kappa shape index (κ1) is 13.0. The number of nitrogens with one attached hydrogen (secondary N) is 1. The standard InChI is InChI=1S/C12H19NS.ClH/c1-10-4-5-11(14-10)8-13-9-12(2)6-3-7-12;/h4-5,13H,3,6-9H2,1-2H3;1H. The van der Waals surface area contributed by atoms with Gasteiger partial charge in [0.05, 0.1) is 0 Å². The second-order valence-corrected chi connectivity index (χ2v) is 6.15. The molecule has 0 bridgehead atoms. The zero-order valence-corrected chi connectivity index (χ0v) is 11.1. The van der Waals surface area contributed by atoms with Gasteiger partial charge in [-0.15, -0.1) is 23.7 Å². The van der Waals surface area contributed by atoms with Crippen molar-refractivity contribution in [2.45, 2.75) is 39.7 Å². The van der Waals surface area contributed by atoms with Gasteiger partial charge in [0.25, 0.3) is 0 Å². The number of thiophene rings is 1. The molecule has 0 unspecified atom stereocenters. The minimum atomic E-state index is 0. The van der Waals surface area contributed by atoms with E-state index in [0.29, 0.717) is 5.41 Å². The largest absolute Gasteiger partial charge is 0.311 e. The van der Waals surface area contributed by atoms with Crippen molar-refractivity contribution in [2.75, 3.05) is 6.54 Å². The highest BCUT2D eigenvalue weighted by Gasteiger charge is 2.30. The van der Waals surface area contributed by atoms with Crippen LogP contribution in [-0.2, 0) is 6.54 Å². The molecule has 1 nitrogen and oxygen atoms in total. The first-order valence-electron chi connectivity index (χ1n) is 5.44. The van der Waals surface area contributed by atoms with E-state index in [1.54, 1.807) is 0 Å². The van der Waals surface area contributed by atoms with Gasteiger partial charge in [-0.2, -0.15) is 0 Å². The summed E-state index contributed by atoms with van der Waals surface area (Å²) in [4.78, 5) is 2.88. The third-order valence-corrected chi connectivity index (χ3v) is 4.21. The van der Waals surface area contributed by atoms with E-state index in [0.717, 1.165) is 6.54 Å². The molecule has 2 rings (SSSR count). The molecule has 1 aliphatic carbocycles. The van der Waals surface area contributed by atoms with Gasteiger partial charge in [-0.25, -0.2) is 0 Å². The summed E-state index contributed by atoms with van der Waals surface area (Å²) < 4.78 is 0. The van der Waals surface area contributed by atoms with Gasteiger partial charge in [-0.05, 0) is 37.3 Å². The predicted molar refractivity (Wildman–Crippen MR) is 70.0 cm³/mol. The molecule has 15 heavy (non-hydrogen) atoms. The fourth-order valence-electron chi connectivity index (χ4n) is 2.02. The molecule has 1 aliphatic rings. The van der Waals surface area contributed by atoms with Crippen LogP contribution in [0.15, 0.2) is 12.1 Å². The van der Waals surface area contributed by atoms with Gasteiger partial charge < -0.3 is 5.32 Å². The summed E-state index contributed by atoms with van der Waals surface area (Å²) in [6.45, 7) is 6.79. The Morgan fingerprint density at radius 3 is 2.60 bits per heavy atom. The van der Waals surface area contributed by atoms with Crippen molar-refractivity contribution >= 4 is 23.7 Å². The van der Waals surface area contributed by atoms with Gasteiger partial charge >= 0.3 is 0 Å². The molecule has 1 saturated carbocycles. The Morgan fingerprint density at radius 2 is 2.13 bits per heavy atom. The Hall–Kier alpha value is -0.0500. The fourth-order valence-corrected chi connectivity index (χ4v) is 2.88. The third kappa shape index (κ3) is 3.47. The lowest BCUT2D eigenvalue weighted by atomic mass is 9.70. The molecule has 86 valence electrons. The Labute approximate surface area is 103 Å². The predicted octanol–water partition coefficient (Wildman–Crippen LogP) is 3.76. The molecule has 1 aromatic rings. The van der Waals surface area contributed by atoms with Gasteiger partial charge in [0.1, 0.15) is 0 Å². The average molecular weight is 246 g/mol. The van der Waals surface area contributed by atoms with Gasteiger partial charge in [-0.3, -0.25) is 0 Å². The first-order valence-corrected chi connectivity index (χ1v) is 6.26. The number of hydrogen-bond acceptors (Lipinski definition) is 2. The molecule has 3 heteroatoms. The van der Waals surface area contributed by atoms with Crippen LogP contribution in [-0.4, -0.2) is 6.54 Å². The number of rotatable bonds is 4. The summed E-state index contributed by atoms with van der Waals surface area (Å²) in [5.74, 6) is 0. The zero-order valence-electron chi connectivity index (χ0n) is 9.51. The minimum Gasteiger partial charge on any atom is -0.311 e. The van der Waals surface area contributed by atoms with E-state index in [4.69, 9.17) is 0 Å². The van der Waals surface area contributed by atoms with Crippen LogP contribution >= 0.6 is 23.7 Å². The van der Waals surface area contributed by atoms with Crippen LogP contribution in [0.3, 0.4) is 0 Å². The number of hydrogen-bond donors (Lipinski definition) is 1. The zero-order chi connectivity index (χ0) is 10.0. The molecule has 0 spiro atoms. The van der Waals surface area contributed by atoms with Gasteiger partial charge in [0, 0.05) is 22.8 Å². The Balaban J connectivity index is 0.00000112. The molecule has 1 N–H and O–H groups in total. The van der Waals surface area contributed by atoms with Crippen molar-refractivity contribution in [1.82, 2.24) is 5.32 Å². The highest BCUT2D eigenvalue weighted by atomic mass is 35.5. The third-order valence-electron chi connectivity index (χ3n) is 3.21. The van der Waals surface area contributed by atoms with Gasteiger partial charge in [0.2, 0.25) is 0 Å². The van der Waals surface area contributed by atoms with Crippen molar-refractivity contribution in [1.29, 1.82) is 0 Å². The lowest BCUT2D eigenvalue weighted by molar-refractivity contribution is 0.156. The van der Waals surface area contributed by atoms with Crippen LogP contribution in [0.4, 0.5) is 0 Å². The van der Waals surface area contributed by atoms with Crippen LogP contribution in [0, 0.1) is 12.3 Å². The molecule has 0 atom stereocenters. The lowest BCUT2D eigenvalue weighted by Crippen LogP contribution is -2.36. The summed E-state index contributed by atoms with van der Waals surface area (Å²) in [5, 5.41) is 3.57. The topological polar surface area (TPSA) is 12.0 Å². The number of aryl methyl sites for hydroxylation is 1. The molecule has 1 heterocycles. The van der Waals surface area contributed by atoms with E-state index in [1.807, 2.05) is 11.3 Å². The van der Waals surface area contributed by atoms with E-state index >= 15 is 0 Å². The van der Waals surface area contributed by atoms with Crippen molar-refractivity contribution in [2.24, 2.45) is 5.41 Å². The minimum absolute atomic E-state index is 0. The summed E-state index contributed by atoms with van der Waals surface area (Å²) >= 11 is 1.90. The Kier molecular flexibility index (Phi) is 4.63. The van der Waals surface area contributed by atoms with E-state index in [-0.39, 0.29) is 12.4 Å². The molecule has 0 aromatic carbocycles. The van der Waals surface area contributed by atoms with Crippen LogP contribution in [0.25, 0.3) is 0 Å². The maximum atomic E-state index is 3.57. The quantitative estimate of drug-likeness (QED) is 0.852. The van der Waals surface area contributed by atoms with Gasteiger partial charge in [0.15, 0.2) is 0 Å². The maximum absolute atomic E-state index is 3.57. The normalized spacial score (nSPS) is 18.0. The van der Waals surface area contributed by atoms with E-state index in [1.165, 1.54) is 35.6 Å². The van der Waals surface area contributed by atoms with E-state index in [2.05, 4.69) is 31.3 Å². The van der Waals surface area contributed by atoms with E-state index < -0.39 is 0 Å². The molecule has 0 saturated heterocycles. The van der Waals surface area contributed by atoms with Crippen LogP contribution < -0.4 is 5.32 Å². The van der Waals surface area contributed by atoms with Gasteiger partial charge in [-0.1, -0.05) is 13.3 Å². The summed E-state index contributed by atoms with van der Waals surface area (Å²) in [6.07, 6.45) is 4.24. The van der Waals surface area contributed by atoms with Crippen molar-refractivity contribution in [3.05, 3.63) is 21.9 Å². The second-order valence-electron chi connectivity index (χ2n) is 4.78. The monoisotopic (exact) mass is 245 g/mol. The maximum Gasteiger partial charge on any atom is 0.0300 e. The summed E-state index contributed by atoms with van der Waals surface area (Å²) in [5.41, 5.74) is 0.603. The fraction of sp³-hybridized carbons (Fsp3) is 0.667. The average Bonchev–Trinajstić information content (AvgIpc) is 2.49. The highest BCUT2D eigenvalue weighted by Crippen LogP contribution is 2.39. The SMILES string of the molecule is Cc1ccc(CNCC2(C)CCC2)s1.Cl. The Morgan fingerprint density at radius 1 is 1.40 bits per heavy atom. The highest BCUT2D eigenvalue weighted by molar-refractivity contribution is 7.11. The summed E-state index contributed by atoms with van der Waals surface area (Å²) in [7, 11) is 0. The molecular weight excluding hydrogens is 226 g/mol. The van der Waals surface area contributed by atoms with E-state index in [9.17, 15) is 0 Å². The number of halogens is 1. The van der Waals surface area contributed by atoms with Crippen molar-refractivity contribution in [3.8, 4) is 0 Å². The Bertz CT molecular complexity index is 304. The second kappa shape index (κ2) is 5.33. The van der Waals surface area contributed by atoms with Crippen LogP contribution in [0.2, 0.25) is 0 Å². The van der Waals surface area contributed by atoms with Crippen molar-refractivity contribution < 1.29 is 0 Å². The molecule has 1 fully saturated rings. The molecule has 0 aliphatic heterocycles. The van der Waals surface area contributed by atoms with Crippen molar-refractivity contribution in [3.63, 3.8) is 0 Å². The van der Waals surface area contributed by atoms with Crippen LogP contribution in [0.5, 0.6) is 0 Å². The van der Waals surface area contributed by atoms with Crippen LogP contribution in [0.1, 0.15) is 35.9 Å². The molecule has 1 aromatic heterocycles.